The van der Waals surface area contributed by atoms with Crippen LogP contribution in [0, 0.1) is 0 Å². The fourth-order valence-corrected chi connectivity index (χ4v) is 4.48. The number of hydrogen-bond acceptors (Lipinski definition) is 11. The van der Waals surface area contributed by atoms with Crippen LogP contribution in [-0.4, -0.2) is 63.0 Å². The lowest BCUT2D eigenvalue weighted by molar-refractivity contribution is 0.164. The summed E-state index contributed by atoms with van der Waals surface area (Å²) in [4.78, 5) is 25.3. The molecule has 0 fully saturated rings. The zero-order valence-electron chi connectivity index (χ0n) is 19.1. The predicted molar refractivity (Wildman–Crippen MR) is 131 cm³/mol. The number of benzene rings is 1. The number of amides is 1. The number of aliphatic hydroxyl groups excluding tert-OH is 1. The van der Waals surface area contributed by atoms with Gasteiger partial charge < -0.3 is 25.2 Å². The van der Waals surface area contributed by atoms with Gasteiger partial charge >= 0.3 is 6.09 Å². The summed E-state index contributed by atoms with van der Waals surface area (Å²) in [6.07, 6.45) is 2.14. The van der Waals surface area contributed by atoms with Crippen molar-refractivity contribution in [3.63, 3.8) is 0 Å². The Labute approximate surface area is 201 Å². The normalized spacial score (nSPS) is 13.4. The third-order valence-electron chi connectivity index (χ3n) is 4.44. The molecule has 0 aliphatic carbocycles. The Bertz CT molecular complexity index is 1250. The van der Waals surface area contributed by atoms with Crippen LogP contribution in [0.1, 0.15) is 13.8 Å². The quantitative estimate of drug-likeness (QED) is 0.392. The number of ether oxygens (including phenoxy) is 2. The highest BCUT2D eigenvalue weighted by atomic mass is 32.2. The topological polar surface area (TPSA) is 148 Å². The van der Waals surface area contributed by atoms with Crippen molar-refractivity contribution in [2.75, 3.05) is 37.2 Å². The van der Waals surface area contributed by atoms with Gasteiger partial charge in [0.2, 0.25) is 5.95 Å². The lowest BCUT2D eigenvalue weighted by Gasteiger charge is -2.15. The van der Waals surface area contributed by atoms with Crippen molar-refractivity contribution in [1.29, 1.82) is 0 Å². The number of nitrogens with one attached hydrogen (secondary N) is 2. The van der Waals surface area contributed by atoms with Crippen molar-refractivity contribution in [2.45, 2.75) is 24.8 Å². The van der Waals surface area contributed by atoms with Gasteiger partial charge in [-0.25, -0.2) is 19.0 Å². The summed E-state index contributed by atoms with van der Waals surface area (Å²) in [6.45, 7) is 3.55. The van der Waals surface area contributed by atoms with E-state index in [4.69, 9.17) is 9.47 Å². The van der Waals surface area contributed by atoms with E-state index < -0.39 is 15.8 Å². The number of anilines is 3. The van der Waals surface area contributed by atoms with Crippen LogP contribution in [0.15, 0.2) is 45.1 Å². The number of thiazole rings is 1. The second kappa shape index (κ2) is 11.2. The van der Waals surface area contributed by atoms with E-state index in [1.54, 1.807) is 44.5 Å². The van der Waals surface area contributed by atoms with Gasteiger partial charge in [-0.2, -0.15) is 4.98 Å². The first kappa shape index (κ1) is 25.3. The van der Waals surface area contributed by atoms with Crippen molar-refractivity contribution in [3.05, 3.63) is 35.8 Å². The average molecular weight is 507 g/mol. The average Bonchev–Trinajstić information content (AvgIpc) is 3.28. The maximum Gasteiger partial charge on any atom is 0.442 e. The molecule has 34 heavy (non-hydrogen) atoms. The van der Waals surface area contributed by atoms with Crippen LogP contribution in [0.2, 0.25) is 0 Å². The third kappa shape index (κ3) is 6.40. The van der Waals surface area contributed by atoms with E-state index in [-0.39, 0.29) is 19.3 Å². The lowest BCUT2D eigenvalue weighted by atomic mass is 10.2. The fraction of sp³-hybridized carbons (Fsp3) is 0.333. The maximum atomic E-state index is 12.8. The molecule has 1 unspecified atom stereocenters. The van der Waals surface area contributed by atoms with E-state index >= 15 is 0 Å². The number of aromatic nitrogens is 3. The molecule has 0 aliphatic rings. The molecule has 0 saturated heterocycles. The standard InChI is InChI=1S/C21H26N6O5S2/c1-5-32-20(29)27-34(4,30)15-8-6-14(7-9-15)24-19-22-10-16(17-12-33-21(25-17)31-3)18(26-19)23-13(2)11-28/h6-10,12-13,28H,5,11H2,1-4H3,(H2,22,23,24,26)/t13-,34?/m1/s1. The van der Waals surface area contributed by atoms with Crippen LogP contribution in [0.4, 0.5) is 22.2 Å². The monoisotopic (exact) mass is 506 g/mol. The van der Waals surface area contributed by atoms with E-state index in [2.05, 4.69) is 29.9 Å². The fourth-order valence-electron chi connectivity index (χ4n) is 2.76. The molecular weight excluding hydrogens is 480 g/mol. The zero-order chi connectivity index (χ0) is 24.7. The zero-order valence-corrected chi connectivity index (χ0v) is 20.8. The van der Waals surface area contributed by atoms with Gasteiger partial charge in [0.1, 0.15) is 5.82 Å². The molecule has 0 spiro atoms. The summed E-state index contributed by atoms with van der Waals surface area (Å²) in [5.41, 5.74) is 1.94. The van der Waals surface area contributed by atoms with Gasteiger partial charge in [-0.05, 0) is 38.1 Å². The molecule has 11 nitrogen and oxygen atoms in total. The van der Waals surface area contributed by atoms with Gasteiger partial charge in [0, 0.05) is 34.5 Å². The maximum absolute atomic E-state index is 12.8. The van der Waals surface area contributed by atoms with E-state index in [0.29, 0.717) is 38.8 Å². The third-order valence-corrected chi connectivity index (χ3v) is 6.89. The van der Waals surface area contributed by atoms with Crippen LogP contribution in [0.3, 0.4) is 0 Å². The molecule has 3 aromatic rings. The van der Waals surface area contributed by atoms with Crippen molar-refractivity contribution < 1.29 is 23.6 Å². The van der Waals surface area contributed by atoms with Crippen LogP contribution >= 0.6 is 11.3 Å². The first-order valence-corrected chi connectivity index (χ1v) is 13.1. The Morgan fingerprint density at radius 1 is 1.29 bits per heavy atom. The number of carbonyl (C=O) groups is 1. The minimum Gasteiger partial charge on any atom is -0.473 e. The van der Waals surface area contributed by atoms with Crippen LogP contribution in [-0.2, 0) is 14.5 Å². The second-order valence-electron chi connectivity index (χ2n) is 7.13. The summed E-state index contributed by atoms with van der Waals surface area (Å²) in [5.74, 6) is 0.799. The Morgan fingerprint density at radius 2 is 2.03 bits per heavy atom. The number of aliphatic hydroxyl groups is 1. The van der Waals surface area contributed by atoms with Crippen LogP contribution in [0.5, 0.6) is 5.19 Å². The van der Waals surface area contributed by atoms with Gasteiger partial charge in [0.25, 0.3) is 5.19 Å². The summed E-state index contributed by atoms with van der Waals surface area (Å²) in [7, 11) is -1.39. The van der Waals surface area contributed by atoms with E-state index in [1.165, 1.54) is 17.6 Å². The minimum absolute atomic E-state index is 0.0821. The Balaban J connectivity index is 1.85. The molecular formula is C21H26N6O5S2. The van der Waals surface area contributed by atoms with Crippen molar-refractivity contribution >= 4 is 44.6 Å². The number of methoxy groups -OCH3 is 1. The number of carbonyl (C=O) groups excluding carboxylic acids is 1. The molecule has 1 amide bonds. The van der Waals surface area contributed by atoms with E-state index in [0.717, 1.165) is 0 Å². The highest BCUT2D eigenvalue weighted by molar-refractivity contribution is 7.93. The van der Waals surface area contributed by atoms with Gasteiger partial charge in [0.05, 0.1) is 41.3 Å². The second-order valence-corrected chi connectivity index (χ2v) is 10.2. The van der Waals surface area contributed by atoms with E-state index in [1.807, 2.05) is 12.3 Å². The van der Waals surface area contributed by atoms with Gasteiger partial charge in [0.15, 0.2) is 0 Å². The molecule has 2 atom stereocenters. The van der Waals surface area contributed by atoms with Gasteiger partial charge in [-0.15, -0.1) is 4.36 Å². The largest absolute Gasteiger partial charge is 0.473 e. The van der Waals surface area contributed by atoms with Gasteiger partial charge in [-0.3, -0.25) is 0 Å². The summed E-state index contributed by atoms with van der Waals surface area (Å²) in [6, 6.07) is 6.34. The van der Waals surface area contributed by atoms with E-state index in [9.17, 15) is 14.1 Å². The van der Waals surface area contributed by atoms with Crippen molar-refractivity contribution in [1.82, 2.24) is 15.0 Å². The predicted octanol–water partition coefficient (Wildman–Crippen LogP) is 3.76. The van der Waals surface area contributed by atoms with Crippen molar-refractivity contribution in [3.8, 4) is 16.5 Å². The summed E-state index contributed by atoms with van der Waals surface area (Å²) in [5, 5.41) is 18.1. The lowest BCUT2D eigenvalue weighted by Crippen LogP contribution is -2.21. The first-order valence-electron chi connectivity index (χ1n) is 10.3. The smallest absolute Gasteiger partial charge is 0.442 e. The Morgan fingerprint density at radius 3 is 2.65 bits per heavy atom. The molecule has 2 aromatic heterocycles. The minimum atomic E-state index is -2.94. The first-order chi connectivity index (χ1) is 16.2. The molecule has 0 saturated carbocycles. The summed E-state index contributed by atoms with van der Waals surface area (Å²) < 4.78 is 26.3. The molecule has 3 N–H and O–H groups in total. The van der Waals surface area contributed by atoms with Crippen LogP contribution in [0.25, 0.3) is 11.3 Å². The number of rotatable bonds is 9. The summed E-state index contributed by atoms with van der Waals surface area (Å²) >= 11 is 1.35. The molecule has 0 aliphatic heterocycles. The van der Waals surface area contributed by atoms with Crippen molar-refractivity contribution in [2.24, 2.45) is 4.36 Å². The molecule has 2 heterocycles. The molecule has 0 bridgehead atoms. The van der Waals surface area contributed by atoms with Gasteiger partial charge in [-0.1, -0.05) is 11.3 Å². The molecule has 3 rings (SSSR count). The number of nitrogens with zero attached hydrogens (tertiary/aromatic N) is 4. The Kier molecular flexibility index (Phi) is 8.36. The molecule has 0 radical (unpaired) electrons. The molecule has 13 heteroatoms. The highest BCUT2D eigenvalue weighted by Crippen LogP contribution is 2.31. The highest BCUT2D eigenvalue weighted by Gasteiger charge is 2.16. The molecule has 1 aromatic carbocycles. The SMILES string of the molecule is CCOC(=O)N=S(C)(=O)c1ccc(Nc2ncc(-c3csc(OC)n3)c(N[C@H](C)CO)n2)cc1. The Hall–Kier alpha value is -3.29. The molecule has 182 valence electrons. The van der Waals surface area contributed by atoms with Crippen LogP contribution < -0.4 is 15.4 Å². The number of hydrogen-bond donors (Lipinski definition) is 3.